The first-order valence-electron chi connectivity index (χ1n) is 4.91. The van der Waals surface area contributed by atoms with E-state index in [0.29, 0.717) is 17.2 Å². The normalized spacial score (nSPS) is 10.1. The zero-order valence-electron chi connectivity index (χ0n) is 8.87. The van der Waals surface area contributed by atoms with Crippen molar-refractivity contribution in [1.29, 1.82) is 0 Å². The molecule has 0 unspecified atom stereocenters. The summed E-state index contributed by atoms with van der Waals surface area (Å²) in [6.45, 7) is 1.82. The number of hydrogen-bond donors (Lipinski definition) is 2. The molecule has 0 saturated carbocycles. The van der Waals surface area contributed by atoms with E-state index in [2.05, 4.69) is 10.3 Å². The second kappa shape index (κ2) is 4.18. The second-order valence-electron chi connectivity index (χ2n) is 3.50. The van der Waals surface area contributed by atoms with Gasteiger partial charge in [-0.05, 0) is 30.7 Å². The smallest absolute Gasteiger partial charge is 0.153 e. The van der Waals surface area contributed by atoms with Crippen molar-refractivity contribution in [1.82, 2.24) is 4.98 Å². The third kappa shape index (κ3) is 1.95. The number of anilines is 3. The van der Waals surface area contributed by atoms with Crippen LogP contribution in [0, 0.1) is 12.7 Å². The predicted octanol–water partition coefficient (Wildman–Crippen LogP) is 2.85. The average Bonchev–Trinajstić information content (AvgIpc) is 2.26. The Morgan fingerprint density at radius 2 is 2.06 bits per heavy atom. The van der Waals surface area contributed by atoms with Crippen molar-refractivity contribution in [2.75, 3.05) is 11.1 Å². The number of para-hydroxylation sites is 1. The fraction of sp³-hybridized carbons (Fsp3) is 0.0833. The fourth-order valence-corrected chi connectivity index (χ4v) is 1.43. The Kier molecular flexibility index (Phi) is 2.72. The summed E-state index contributed by atoms with van der Waals surface area (Å²) in [6.07, 6.45) is 1.61. The molecule has 0 amide bonds. The number of aryl methyl sites for hydroxylation is 1. The third-order valence-electron chi connectivity index (χ3n) is 2.30. The second-order valence-corrected chi connectivity index (χ2v) is 3.50. The van der Waals surface area contributed by atoms with E-state index >= 15 is 0 Å². The van der Waals surface area contributed by atoms with Crippen LogP contribution in [0.2, 0.25) is 0 Å². The van der Waals surface area contributed by atoms with Crippen LogP contribution < -0.4 is 11.1 Å². The van der Waals surface area contributed by atoms with E-state index in [4.69, 9.17) is 5.73 Å². The van der Waals surface area contributed by atoms with Gasteiger partial charge in [0.1, 0.15) is 5.82 Å². The van der Waals surface area contributed by atoms with Crippen LogP contribution in [-0.4, -0.2) is 4.98 Å². The number of halogens is 1. The summed E-state index contributed by atoms with van der Waals surface area (Å²) in [7, 11) is 0. The highest BCUT2D eigenvalue weighted by Crippen LogP contribution is 2.25. The van der Waals surface area contributed by atoms with Gasteiger partial charge in [-0.2, -0.15) is 0 Å². The van der Waals surface area contributed by atoms with Crippen LogP contribution in [0.1, 0.15) is 5.56 Å². The molecule has 2 aromatic rings. The van der Waals surface area contributed by atoms with Crippen molar-refractivity contribution < 1.29 is 4.39 Å². The molecule has 0 saturated heterocycles. The van der Waals surface area contributed by atoms with Crippen LogP contribution in [0.25, 0.3) is 0 Å². The molecule has 4 heteroatoms. The SMILES string of the molecule is Cc1cccc(F)c1Nc1ncccc1N. The first-order chi connectivity index (χ1) is 7.68. The Bertz CT molecular complexity index is 491. The molecule has 0 aliphatic heterocycles. The molecule has 82 valence electrons. The van der Waals surface area contributed by atoms with Gasteiger partial charge >= 0.3 is 0 Å². The quantitative estimate of drug-likeness (QED) is 0.813. The van der Waals surface area contributed by atoms with Crippen LogP contribution in [-0.2, 0) is 0 Å². The first-order valence-corrected chi connectivity index (χ1v) is 4.91. The van der Waals surface area contributed by atoms with Crippen LogP contribution in [0.5, 0.6) is 0 Å². The van der Waals surface area contributed by atoms with E-state index in [1.54, 1.807) is 24.4 Å². The summed E-state index contributed by atoms with van der Waals surface area (Å²) in [5.41, 5.74) is 7.43. The third-order valence-corrected chi connectivity index (χ3v) is 2.30. The van der Waals surface area contributed by atoms with Crippen molar-refractivity contribution in [3.8, 4) is 0 Å². The van der Waals surface area contributed by atoms with Crippen LogP contribution in [0.15, 0.2) is 36.5 Å². The zero-order valence-corrected chi connectivity index (χ0v) is 8.87. The molecule has 0 radical (unpaired) electrons. The van der Waals surface area contributed by atoms with E-state index in [9.17, 15) is 4.39 Å². The number of pyridine rings is 1. The largest absolute Gasteiger partial charge is 0.396 e. The van der Waals surface area contributed by atoms with E-state index in [1.165, 1.54) is 6.07 Å². The number of rotatable bonds is 2. The molecule has 16 heavy (non-hydrogen) atoms. The summed E-state index contributed by atoms with van der Waals surface area (Å²) in [5, 5.41) is 2.90. The van der Waals surface area contributed by atoms with Crippen molar-refractivity contribution in [3.63, 3.8) is 0 Å². The highest BCUT2D eigenvalue weighted by molar-refractivity contribution is 5.70. The molecule has 3 nitrogen and oxygen atoms in total. The monoisotopic (exact) mass is 217 g/mol. The van der Waals surface area contributed by atoms with Gasteiger partial charge in [-0.25, -0.2) is 9.37 Å². The molecule has 3 N–H and O–H groups in total. The molecule has 0 aliphatic carbocycles. The molecule has 0 aliphatic rings. The molecule has 0 bridgehead atoms. The summed E-state index contributed by atoms with van der Waals surface area (Å²) in [4.78, 5) is 4.05. The topological polar surface area (TPSA) is 50.9 Å². The summed E-state index contributed by atoms with van der Waals surface area (Å²) in [5.74, 6) is 0.153. The lowest BCUT2D eigenvalue weighted by Gasteiger charge is -2.11. The maximum absolute atomic E-state index is 13.5. The van der Waals surface area contributed by atoms with Crippen molar-refractivity contribution in [3.05, 3.63) is 47.9 Å². The number of nitrogens with zero attached hydrogens (tertiary/aromatic N) is 1. The van der Waals surface area contributed by atoms with E-state index in [1.807, 2.05) is 13.0 Å². The van der Waals surface area contributed by atoms with Gasteiger partial charge in [0.2, 0.25) is 0 Å². The van der Waals surface area contributed by atoms with Crippen LogP contribution in [0.4, 0.5) is 21.6 Å². The Labute approximate surface area is 93.1 Å². The number of benzene rings is 1. The van der Waals surface area contributed by atoms with Gasteiger partial charge in [0.25, 0.3) is 0 Å². The molecule has 1 heterocycles. The van der Waals surface area contributed by atoms with Gasteiger partial charge in [0, 0.05) is 6.20 Å². The van der Waals surface area contributed by atoms with Gasteiger partial charge < -0.3 is 11.1 Å². The molecule has 1 aromatic heterocycles. The maximum Gasteiger partial charge on any atom is 0.153 e. The highest BCUT2D eigenvalue weighted by atomic mass is 19.1. The Morgan fingerprint density at radius 1 is 1.25 bits per heavy atom. The summed E-state index contributed by atoms with van der Waals surface area (Å²) in [6, 6.07) is 8.33. The van der Waals surface area contributed by atoms with Gasteiger partial charge in [-0.3, -0.25) is 0 Å². The minimum absolute atomic E-state index is 0.315. The standard InChI is InChI=1S/C12H12FN3/c1-8-4-2-5-9(13)11(8)16-12-10(14)6-3-7-15-12/h2-7H,14H2,1H3,(H,15,16). The number of nitrogens with two attached hydrogens (primary N) is 1. The van der Waals surface area contributed by atoms with E-state index in [0.717, 1.165) is 5.56 Å². The predicted molar refractivity (Wildman–Crippen MR) is 63.1 cm³/mol. The Balaban J connectivity index is 2.38. The zero-order chi connectivity index (χ0) is 11.5. The van der Waals surface area contributed by atoms with Gasteiger partial charge in [0.05, 0.1) is 11.4 Å². The molecule has 2 rings (SSSR count). The molecular formula is C12H12FN3. The van der Waals surface area contributed by atoms with Gasteiger partial charge in [0.15, 0.2) is 5.82 Å². The molecule has 1 aromatic carbocycles. The lowest BCUT2D eigenvalue weighted by molar-refractivity contribution is 0.631. The minimum atomic E-state index is -0.315. The van der Waals surface area contributed by atoms with Crippen molar-refractivity contribution in [2.24, 2.45) is 0 Å². The fourth-order valence-electron chi connectivity index (χ4n) is 1.43. The molecule has 0 spiro atoms. The van der Waals surface area contributed by atoms with Crippen LogP contribution in [0.3, 0.4) is 0 Å². The minimum Gasteiger partial charge on any atom is -0.396 e. The van der Waals surface area contributed by atoms with Gasteiger partial charge in [-0.1, -0.05) is 12.1 Å². The van der Waals surface area contributed by atoms with Crippen molar-refractivity contribution in [2.45, 2.75) is 6.92 Å². The number of nitrogen functional groups attached to an aromatic ring is 1. The number of nitrogens with one attached hydrogen (secondary N) is 1. The first kappa shape index (κ1) is 10.4. The number of aromatic nitrogens is 1. The number of hydrogen-bond acceptors (Lipinski definition) is 3. The molecule has 0 fully saturated rings. The highest BCUT2D eigenvalue weighted by Gasteiger charge is 2.07. The van der Waals surface area contributed by atoms with Gasteiger partial charge in [-0.15, -0.1) is 0 Å². The maximum atomic E-state index is 13.5. The lowest BCUT2D eigenvalue weighted by Crippen LogP contribution is -2.01. The van der Waals surface area contributed by atoms with E-state index < -0.39 is 0 Å². The lowest BCUT2D eigenvalue weighted by atomic mass is 10.2. The Hall–Kier alpha value is -2.10. The van der Waals surface area contributed by atoms with Crippen LogP contribution >= 0.6 is 0 Å². The molecule has 0 atom stereocenters. The van der Waals surface area contributed by atoms with E-state index in [-0.39, 0.29) is 5.82 Å². The van der Waals surface area contributed by atoms with Crippen molar-refractivity contribution >= 4 is 17.2 Å². The average molecular weight is 217 g/mol. The molecular weight excluding hydrogens is 205 g/mol. The summed E-state index contributed by atoms with van der Waals surface area (Å²) >= 11 is 0. The Morgan fingerprint density at radius 3 is 2.75 bits per heavy atom. The summed E-state index contributed by atoms with van der Waals surface area (Å²) < 4.78 is 13.5.